The number of phenolic OH excluding ortho intramolecular Hbond substituents is 2. The molecular weight excluding hydrogens is 240 g/mol. The predicted octanol–water partition coefficient (Wildman–Crippen LogP) is 3.23. The molecule has 0 aliphatic heterocycles. The van der Waals surface area contributed by atoms with Crippen molar-refractivity contribution < 1.29 is 16.4 Å². The van der Waals surface area contributed by atoms with Crippen LogP contribution in [0.5, 0.6) is 11.5 Å². The zero-order chi connectivity index (χ0) is 12.4. The molecule has 0 radical (unpaired) electrons. The lowest BCUT2D eigenvalue weighted by Crippen LogP contribution is -2.01. The van der Waals surface area contributed by atoms with Crippen molar-refractivity contribution in [3.63, 3.8) is 0 Å². The van der Waals surface area contributed by atoms with Crippen molar-refractivity contribution in [2.24, 2.45) is 0 Å². The highest BCUT2D eigenvalue weighted by Crippen LogP contribution is 2.25. The first-order chi connectivity index (χ1) is 8.08. The largest absolute Gasteiger partial charge is 0.508 e. The fraction of sp³-hybridized carbons (Fsp3) is 0. The molecule has 0 heterocycles. The minimum Gasteiger partial charge on any atom is -0.508 e. The minimum atomic E-state index is -0.320. The van der Waals surface area contributed by atoms with Gasteiger partial charge in [-0.3, -0.25) is 4.79 Å². The lowest BCUT2D eigenvalue weighted by molar-refractivity contribution is 0.103. The Morgan fingerprint density at radius 3 is 2.29 bits per heavy atom. The van der Waals surface area contributed by atoms with Gasteiger partial charge < -0.3 is 10.2 Å². The van der Waals surface area contributed by atoms with E-state index in [1.807, 2.05) is 0 Å². The van der Waals surface area contributed by atoms with Crippen LogP contribution in [0.25, 0.3) is 0 Å². The molecule has 0 aromatic heterocycles. The van der Waals surface area contributed by atoms with E-state index >= 15 is 0 Å². The molecule has 3 nitrogen and oxygen atoms in total. The van der Waals surface area contributed by atoms with Crippen LogP contribution in [0.2, 0.25) is 5.02 Å². The molecule has 4 heteroatoms. The van der Waals surface area contributed by atoms with E-state index in [1.165, 1.54) is 12.1 Å². The van der Waals surface area contributed by atoms with Crippen molar-refractivity contribution in [3.8, 4) is 11.5 Å². The van der Waals surface area contributed by atoms with Crippen LogP contribution in [-0.4, -0.2) is 16.0 Å². The minimum absolute atomic E-state index is 0. The second-order valence-electron chi connectivity index (χ2n) is 3.54. The van der Waals surface area contributed by atoms with Crippen molar-refractivity contribution in [1.82, 2.24) is 0 Å². The molecule has 0 aliphatic rings. The number of rotatable bonds is 2. The molecule has 88 valence electrons. The van der Waals surface area contributed by atoms with Crippen molar-refractivity contribution in [2.75, 3.05) is 0 Å². The molecule has 2 aromatic rings. The molecule has 0 unspecified atom stereocenters. The summed E-state index contributed by atoms with van der Waals surface area (Å²) in [6.07, 6.45) is 0. The van der Waals surface area contributed by atoms with Crippen LogP contribution in [0.15, 0.2) is 42.5 Å². The molecule has 0 saturated carbocycles. The van der Waals surface area contributed by atoms with Crippen LogP contribution in [0.4, 0.5) is 0 Å². The fourth-order valence-electron chi connectivity index (χ4n) is 1.47. The Bertz CT molecular complexity index is 567. The van der Waals surface area contributed by atoms with E-state index in [1.54, 1.807) is 24.3 Å². The maximum absolute atomic E-state index is 12.0. The molecule has 0 saturated heterocycles. The van der Waals surface area contributed by atoms with Gasteiger partial charge in [0.05, 0.1) is 5.56 Å². The molecule has 0 spiro atoms. The third-order valence-corrected chi connectivity index (χ3v) is 2.58. The van der Waals surface area contributed by atoms with Crippen LogP contribution < -0.4 is 0 Å². The normalized spacial score (nSPS) is 10.2. The van der Waals surface area contributed by atoms with E-state index in [9.17, 15) is 9.90 Å². The lowest BCUT2D eigenvalue weighted by atomic mass is 10.0. The molecule has 17 heavy (non-hydrogen) atoms. The van der Waals surface area contributed by atoms with E-state index in [0.717, 1.165) is 6.07 Å². The van der Waals surface area contributed by atoms with Gasteiger partial charge in [0, 0.05) is 18.1 Å². The Balaban J connectivity index is 0.00000162. The molecule has 0 fully saturated rings. The van der Waals surface area contributed by atoms with Crippen LogP contribution in [0.3, 0.4) is 0 Å². The third-order valence-electron chi connectivity index (χ3n) is 2.33. The summed E-state index contributed by atoms with van der Waals surface area (Å²) in [7, 11) is 0. The first-order valence-corrected chi connectivity index (χ1v) is 5.28. The highest BCUT2D eigenvalue weighted by atomic mass is 35.5. The van der Waals surface area contributed by atoms with E-state index in [-0.39, 0.29) is 24.3 Å². The summed E-state index contributed by atoms with van der Waals surface area (Å²) in [5, 5.41) is 19.2. The summed E-state index contributed by atoms with van der Waals surface area (Å²) in [5.74, 6) is -0.653. The third kappa shape index (κ3) is 2.40. The maximum atomic E-state index is 12.0. The second kappa shape index (κ2) is 4.47. The van der Waals surface area contributed by atoms with Gasteiger partial charge in [-0.05, 0) is 36.4 Å². The van der Waals surface area contributed by atoms with Gasteiger partial charge in [0.25, 0.3) is 0 Å². The number of carbonyl (C=O) groups excluding carboxylic acids is 1. The van der Waals surface area contributed by atoms with Crippen molar-refractivity contribution in [1.29, 1.82) is 0 Å². The first-order valence-electron chi connectivity index (χ1n) is 4.90. The van der Waals surface area contributed by atoms with E-state index in [0.29, 0.717) is 10.6 Å². The molecule has 0 bridgehead atoms. The SMILES string of the molecule is O=C(c1ccc(Cl)cc1)c1ccc(O)cc1O.[HH]. The van der Waals surface area contributed by atoms with Crippen LogP contribution in [-0.2, 0) is 0 Å². The fourth-order valence-corrected chi connectivity index (χ4v) is 1.59. The van der Waals surface area contributed by atoms with Crippen LogP contribution in [0, 0.1) is 0 Å². The summed E-state index contributed by atoms with van der Waals surface area (Å²) in [6.45, 7) is 0. The Kier molecular flexibility index (Phi) is 3.02. The van der Waals surface area contributed by atoms with E-state index in [4.69, 9.17) is 16.7 Å². The number of carbonyl (C=O) groups is 1. The average molecular weight is 251 g/mol. The monoisotopic (exact) mass is 250 g/mol. The predicted molar refractivity (Wildman–Crippen MR) is 66.8 cm³/mol. The Morgan fingerprint density at radius 2 is 1.71 bits per heavy atom. The van der Waals surface area contributed by atoms with Gasteiger partial charge in [-0.15, -0.1) is 0 Å². The van der Waals surface area contributed by atoms with E-state index in [2.05, 4.69) is 0 Å². The Labute approximate surface area is 104 Å². The van der Waals surface area contributed by atoms with E-state index < -0.39 is 0 Å². The van der Waals surface area contributed by atoms with Gasteiger partial charge in [0.15, 0.2) is 5.78 Å². The van der Waals surface area contributed by atoms with Gasteiger partial charge in [-0.1, -0.05) is 11.6 Å². The van der Waals surface area contributed by atoms with Crippen molar-refractivity contribution in [3.05, 3.63) is 58.6 Å². The summed E-state index contributed by atoms with van der Waals surface area (Å²) in [6, 6.07) is 10.2. The standard InChI is InChI=1S/C13H9ClO3.H2/c14-9-3-1-8(2-4-9)13(17)11-6-5-10(15)7-12(11)16;/h1-7,15-16H;1H. The van der Waals surface area contributed by atoms with Crippen molar-refractivity contribution in [2.45, 2.75) is 0 Å². The zero-order valence-electron chi connectivity index (χ0n) is 8.72. The van der Waals surface area contributed by atoms with Gasteiger partial charge in [0.2, 0.25) is 0 Å². The smallest absolute Gasteiger partial charge is 0.196 e. The number of phenols is 2. The van der Waals surface area contributed by atoms with Gasteiger partial charge in [-0.25, -0.2) is 0 Å². The van der Waals surface area contributed by atoms with Crippen molar-refractivity contribution >= 4 is 17.4 Å². The van der Waals surface area contributed by atoms with Crippen LogP contribution >= 0.6 is 11.6 Å². The van der Waals surface area contributed by atoms with Gasteiger partial charge >= 0.3 is 0 Å². The number of benzene rings is 2. The number of ketones is 1. The second-order valence-corrected chi connectivity index (χ2v) is 3.97. The summed E-state index contributed by atoms with van der Waals surface area (Å²) in [5.41, 5.74) is 0.570. The highest BCUT2D eigenvalue weighted by Gasteiger charge is 2.13. The number of hydrogen-bond acceptors (Lipinski definition) is 3. The number of hydrogen-bond donors (Lipinski definition) is 2. The molecule has 2 rings (SSSR count). The number of aromatic hydroxyl groups is 2. The Hall–Kier alpha value is -2.00. The molecular formula is C13H11ClO3. The topological polar surface area (TPSA) is 57.5 Å². The summed E-state index contributed by atoms with van der Waals surface area (Å²) < 4.78 is 0. The average Bonchev–Trinajstić information content (AvgIpc) is 2.29. The molecule has 2 aromatic carbocycles. The zero-order valence-corrected chi connectivity index (χ0v) is 9.48. The molecule has 0 aliphatic carbocycles. The molecule has 2 N–H and O–H groups in total. The Morgan fingerprint density at radius 1 is 1.06 bits per heavy atom. The lowest BCUT2D eigenvalue weighted by Gasteiger charge is -2.04. The molecule has 0 amide bonds. The van der Waals surface area contributed by atoms with Gasteiger partial charge in [-0.2, -0.15) is 0 Å². The summed E-state index contributed by atoms with van der Waals surface area (Å²) in [4.78, 5) is 12.0. The summed E-state index contributed by atoms with van der Waals surface area (Å²) >= 11 is 5.72. The van der Waals surface area contributed by atoms with Gasteiger partial charge in [0.1, 0.15) is 11.5 Å². The van der Waals surface area contributed by atoms with Crippen LogP contribution in [0.1, 0.15) is 17.3 Å². The quantitative estimate of drug-likeness (QED) is 0.805. The molecule has 0 atom stereocenters. The number of halogens is 1. The first kappa shape index (κ1) is 11.5. The maximum Gasteiger partial charge on any atom is 0.196 e. The highest BCUT2D eigenvalue weighted by molar-refractivity contribution is 6.30.